The molecule has 1 aliphatic heterocycles. The van der Waals surface area contributed by atoms with Crippen molar-refractivity contribution < 1.29 is 14.7 Å². The minimum absolute atomic E-state index is 0.0154. The van der Waals surface area contributed by atoms with E-state index in [2.05, 4.69) is 10.6 Å². The Morgan fingerprint density at radius 1 is 1.56 bits per heavy atom. The highest BCUT2D eigenvalue weighted by Crippen LogP contribution is 2.25. The first-order chi connectivity index (χ1) is 8.56. The van der Waals surface area contributed by atoms with Crippen LogP contribution < -0.4 is 10.6 Å². The van der Waals surface area contributed by atoms with Gasteiger partial charge in [-0.15, -0.1) is 0 Å². The lowest BCUT2D eigenvalue weighted by Crippen LogP contribution is -2.14. The van der Waals surface area contributed by atoms with Crippen LogP contribution in [-0.4, -0.2) is 23.5 Å². The quantitative estimate of drug-likeness (QED) is 0.741. The Bertz CT molecular complexity index is 485. The Morgan fingerprint density at radius 3 is 3.06 bits per heavy atom. The van der Waals surface area contributed by atoms with E-state index in [9.17, 15) is 9.59 Å². The molecule has 2 rings (SSSR count). The first kappa shape index (κ1) is 12.4. The first-order valence-corrected chi connectivity index (χ1v) is 5.95. The van der Waals surface area contributed by atoms with Gasteiger partial charge in [0, 0.05) is 17.9 Å². The van der Waals surface area contributed by atoms with Crippen LogP contribution in [-0.2, 0) is 16.0 Å². The Kier molecular flexibility index (Phi) is 3.50. The summed E-state index contributed by atoms with van der Waals surface area (Å²) in [6, 6.07) is 5.68. The number of anilines is 2. The van der Waals surface area contributed by atoms with E-state index in [0.717, 1.165) is 16.9 Å². The molecule has 0 bridgehead atoms. The molecule has 0 fully saturated rings. The summed E-state index contributed by atoms with van der Waals surface area (Å²) in [5.41, 5.74) is 2.77. The molecule has 0 aromatic heterocycles. The van der Waals surface area contributed by atoms with Crippen LogP contribution in [0.5, 0.6) is 0 Å². The molecular formula is C13H16N2O3. The predicted octanol–water partition coefficient (Wildman–Crippen LogP) is 1.70. The van der Waals surface area contributed by atoms with Crippen molar-refractivity contribution in [3.63, 3.8) is 0 Å². The van der Waals surface area contributed by atoms with Crippen LogP contribution in [0.1, 0.15) is 18.9 Å². The third-order valence-electron chi connectivity index (χ3n) is 3.06. The van der Waals surface area contributed by atoms with Gasteiger partial charge in [0.2, 0.25) is 5.91 Å². The topological polar surface area (TPSA) is 78.4 Å². The van der Waals surface area contributed by atoms with Crippen molar-refractivity contribution in [3.05, 3.63) is 23.8 Å². The summed E-state index contributed by atoms with van der Waals surface area (Å²) >= 11 is 0. The number of carbonyl (C=O) groups excluding carboxylic acids is 1. The van der Waals surface area contributed by atoms with Gasteiger partial charge in [-0.2, -0.15) is 0 Å². The largest absolute Gasteiger partial charge is 0.481 e. The lowest BCUT2D eigenvalue weighted by molar-refractivity contribution is -0.141. The number of carboxylic acids is 1. The SMILES string of the molecule is CC(CCNc1ccc2c(c1)CC(=O)N2)C(=O)O. The number of carboxylic acid groups (broad SMARTS) is 1. The Morgan fingerprint density at radius 2 is 2.33 bits per heavy atom. The van der Waals surface area contributed by atoms with Crippen molar-refractivity contribution in [1.82, 2.24) is 0 Å². The molecule has 1 aromatic carbocycles. The number of nitrogens with one attached hydrogen (secondary N) is 2. The highest BCUT2D eigenvalue weighted by Gasteiger charge is 2.17. The molecule has 0 saturated heterocycles. The smallest absolute Gasteiger partial charge is 0.306 e. The van der Waals surface area contributed by atoms with E-state index in [1.807, 2.05) is 18.2 Å². The number of rotatable bonds is 5. The van der Waals surface area contributed by atoms with Gasteiger partial charge in [0.05, 0.1) is 12.3 Å². The van der Waals surface area contributed by atoms with Crippen molar-refractivity contribution in [2.24, 2.45) is 5.92 Å². The summed E-state index contributed by atoms with van der Waals surface area (Å²) in [7, 11) is 0. The fraction of sp³-hybridized carbons (Fsp3) is 0.385. The second-order valence-corrected chi connectivity index (χ2v) is 4.55. The maximum atomic E-state index is 11.2. The molecule has 0 saturated carbocycles. The van der Waals surface area contributed by atoms with Gasteiger partial charge in [0.1, 0.15) is 0 Å². The number of carbonyl (C=O) groups is 2. The maximum Gasteiger partial charge on any atom is 0.306 e. The summed E-state index contributed by atoms with van der Waals surface area (Å²) < 4.78 is 0. The van der Waals surface area contributed by atoms with Crippen LogP contribution in [0.2, 0.25) is 0 Å². The van der Waals surface area contributed by atoms with E-state index < -0.39 is 5.97 Å². The summed E-state index contributed by atoms with van der Waals surface area (Å²) in [4.78, 5) is 21.9. The number of hydrogen-bond donors (Lipinski definition) is 3. The van der Waals surface area contributed by atoms with Crippen molar-refractivity contribution in [2.75, 3.05) is 17.2 Å². The second kappa shape index (κ2) is 5.08. The molecule has 96 valence electrons. The highest BCUT2D eigenvalue weighted by molar-refractivity contribution is 5.99. The van der Waals surface area contributed by atoms with Gasteiger partial charge >= 0.3 is 5.97 Å². The lowest BCUT2D eigenvalue weighted by Gasteiger charge is -2.10. The monoisotopic (exact) mass is 248 g/mol. The number of benzene rings is 1. The number of amides is 1. The van der Waals surface area contributed by atoms with Gasteiger partial charge in [-0.05, 0) is 30.2 Å². The van der Waals surface area contributed by atoms with Crippen LogP contribution in [0, 0.1) is 5.92 Å². The molecule has 0 aliphatic carbocycles. The summed E-state index contributed by atoms with van der Waals surface area (Å²) in [5.74, 6) is -1.11. The fourth-order valence-electron chi connectivity index (χ4n) is 1.90. The van der Waals surface area contributed by atoms with E-state index in [0.29, 0.717) is 19.4 Å². The third kappa shape index (κ3) is 2.80. The molecule has 5 nitrogen and oxygen atoms in total. The normalized spacial score (nSPS) is 14.8. The summed E-state index contributed by atoms with van der Waals surface area (Å²) in [5, 5.41) is 14.7. The molecule has 1 aromatic rings. The summed E-state index contributed by atoms with van der Waals surface area (Å²) in [6.07, 6.45) is 0.986. The zero-order chi connectivity index (χ0) is 13.1. The highest BCUT2D eigenvalue weighted by atomic mass is 16.4. The van der Waals surface area contributed by atoms with Gasteiger partial charge in [-0.3, -0.25) is 9.59 Å². The van der Waals surface area contributed by atoms with E-state index in [-0.39, 0.29) is 11.8 Å². The molecule has 1 amide bonds. The molecule has 0 spiro atoms. The van der Waals surface area contributed by atoms with E-state index >= 15 is 0 Å². The zero-order valence-electron chi connectivity index (χ0n) is 10.2. The minimum atomic E-state index is -0.777. The molecule has 5 heteroatoms. The Labute approximate surface area is 105 Å². The fourth-order valence-corrected chi connectivity index (χ4v) is 1.90. The van der Waals surface area contributed by atoms with Gasteiger partial charge in [-0.1, -0.05) is 6.92 Å². The van der Waals surface area contributed by atoms with Crippen LogP contribution in [0.25, 0.3) is 0 Å². The van der Waals surface area contributed by atoms with Crippen molar-refractivity contribution in [3.8, 4) is 0 Å². The Hall–Kier alpha value is -2.04. The zero-order valence-corrected chi connectivity index (χ0v) is 10.2. The Balaban J connectivity index is 1.90. The number of fused-ring (bicyclic) bond motifs is 1. The molecular weight excluding hydrogens is 232 g/mol. The molecule has 18 heavy (non-hydrogen) atoms. The van der Waals surface area contributed by atoms with Crippen molar-refractivity contribution in [2.45, 2.75) is 19.8 Å². The van der Waals surface area contributed by atoms with Crippen molar-refractivity contribution in [1.29, 1.82) is 0 Å². The van der Waals surface area contributed by atoms with Crippen LogP contribution in [0.15, 0.2) is 18.2 Å². The molecule has 0 radical (unpaired) electrons. The lowest BCUT2D eigenvalue weighted by atomic mass is 10.1. The van der Waals surface area contributed by atoms with E-state index in [1.165, 1.54) is 0 Å². The van der Waals surface area contributed by atoms with Crippen LogP contribution in [0.4, 0.5) is 11.4 Å². The van der Waals surface area contributed by atoms with Crippen LogP contribution in [0.3, 0.4) is 0 Å². The van der Waals surface area contributed by atoms with Gasteiger partial charge < -0.3 is 15.7 Å². The third-order valence-corrected chi connectivity index (χ3v) is 3.06. The van der Waals surface area contributed by atoms with Gasteiger partial charge in [-0.25, -0.2) is 0 Å². The van der Waals surface area contributed by atoms with Gasteiger partial charge in [0.15, 0.2) is 0 Å². The molecule has 3 N–H and O–H groups in total. The first-order valence-electron chi connectivity index (χ1n) is 5.95. The second-order valence-electron chi connectivity index (χ2n) is 4.55. The molecule has 1 aliphatic rings. The average Bonchev–Trinajstić information content (AvgIpc) is 2.68. The molecule has 1 unspecified atom stereocenters. The van der Waals surface area contributed by atoms with Crippen LogP contribution >= 0.6 is 0 Å². The maximum absolute atomic E-state index is 11.2. The molecule has 1 atom stereocenters. The van der Waals surface area contributed by atoms with E-state index in [1.54, 1.807) is 6.92 Å². The minimum Gasteiger partial charge on any atom is -0.481 e. The summed E-state index contributed by atoms with van der Waals surface area (Å²) in [6.45, 7) is 2.29. The van der Waals surface area contributed by atoms with Crippen molar-refractivity contribution >= 4 is 23.3 Å². The molecule has 1 heterocycles. The van der Waals surface area contributed by atoms with E-state index in [4.69, 9.17) is 5.11 Å². The number of aliphatic carboxylic acids is 1. The predicted molar refractivity (Wildman–Crippen MR) is 68.7 cm³/mol. The average molecular weight is 248 g/mol. The number of hydrogen-bond acceptors (Lipinski definition) is 3. The van der Waals surface area contributed by atoms with Gasteiger partial charge in [0.25, 0.3) is 0 Å². The standard InChI is InChI=1S/C13H16N2O3/c1-8(13(17)18)4-5-14-10-2-3-11-9(6-10)7-12(16)15-11/h2-3,6,8,14H,4-5,7H2,1H3,(H,15,16)(H,17,18).